The molecule has 0 fully saturated rings. The molecular formula is C24H24F2N2O2. The quantitative estimate of drug-likeness (QED) is 0.564. The van der Waals surface area contributed by atoms with Gasteiger partial charge in [0, 0.05) is 13.1 Å². The molecular weight excluding hydrogens is 386 g/mol. The molecule has 3 aromatic rings. The molecule has 1 amide bonds. The third-order valence-electron chi connectivity index (χ3n) is 4.63. The van der Waals surface area contributed by atoms with E-state index in [1.165, 1.54) is 24.3 Å². The number of nitrogens with two attached hydrogens (primary N) is 1. The zero-order valence-electron chi connectivity index (χ0n) is 16.6. The van der Waals surface area contributed by atoms with Gasteiger partial charge in [-0.25, -0.2) is 8.78 Å². The van der Waals surface area contributed by atoms with Crippen molar-refractivity contribution < 1.29 is 18.3 Å². The number of carbonyl (C=O) groups excluding carboxylic acids is 1. The van der Waals surface area contributed by atoms with Gasteiger partial charge in [0.1, 0.15) is 24.0 Å². The SMILES string of the molecule is NCCCN(Cc1ccc(F)cc1)C(=O)c1ccccc1OCc1ccc(F)cc1. The minimum absolute atomic E-state index is 0.192. The second-order valence-corrected chi connectivity index (χ2v) is 6.91. The lowest BCUT2D eigenvalue weighted by atomic mass is 10.1. The standard InChI is InChI=1S/C24H24F2N2O2/c25-20-10-6-18(7-11-20)16-28(15-3-14-27)24(29)22-4-1-2-5-23(22)30-17-19-8-12-21(26)13-9-19/h1-2,4-13H,3,14-17,27H2. The van der Waals surface area contributed by atoms with E-state index in [4.69, 9.17) is 10.5 Å². The first kappa shape index (κ1) is 21.5. The largest absolute Gasteiger partial charge is 0.488 e. The molecule has 30 heavy (non-hydrogen) atoms. The first-order valence-electron chi connectivity index (χ1n) is 9.77. The highest BCUT2D eigenvalue weighted by atomic mass is 19.1. The average Bonchev–Trinajstić information content (AvgIpc) is 2.77. The van der Waals surface area contributed by atoms with Gasteiger partial charge in [0.15, 0.2) is 0 Å². The van der Waals surface area contributed by atoms with Crippen molar-refractivity contribution in [1.29, 1.82) is 0 Å². The van der Waals surface area contributed by atoms with Crippen LogP contribution in [-0.2, 0) is 13.2 Å². The van der Waals surface area contributed by atoms with Crippen molar-refractivity contribution in [3.05, 3.63) is 101 Å². The fourth-order valence-electron chi connectivity index (χ4n) is 3.03. The number of hydrogen-bond acceptors (Lipinski definition) is 3. The molecule has 2 N–H and O–H groups in total. The molecule has 0 unspecified atom stereocenters. The van der Waals surface area contributed by atoms with Gasteiger partial charge in [-0.3, -0.25) is 4.79 Å². The normalized spacial score (nSPS) is 10.6. The molecule has 0 bridgehead atoms. The number of rotatable bonds is 9. The van der Waals surface area contributed by atoms with Gasteiger partial charge in [-0.2, -0.15) is 0 Å². The maximum Gasteiger partial charge on any atom is 0.257 e. The second-order valence-electron chi connectivity index (χ2n) is 6.91. The number of para-hydroxylation sites is 1. The van der Waals surface area contributed by atoms with Gasteiger partial charge in [0.25, 0.3) is 5.91 Å². The van der Waals surface area contributed by atoms with Crippen LogP contribution in [0.25, 0.3) is 0 Å². The molecule has 0 aromatic heterocycles. The van der Waals surface area contributed by atoms with E-state index < -0.39 is 0 Å². The first-order chi connectivity index (χ1) is 14.6. The maximum atomic E-state index is 13.3. The summed E-state index contributed by atoms with van der Waals surface area (Å²) in [4.78, 5) is 15.0. The Bertz CT molecular complexity index is 960. The van der Waals surface area contributed by atoms with Crippen molar-refractivity contribution in [2.45, 2.75) is 19.6 Å². The van der Waals surface area contributed by atoms with Crippen molar-refractivity contribution in [2.75, 3.05) is 13.1 Å². The first-order valence-corrected chi connectivity index (χ1v) is 9.77. The van der Waals surface area contributed by atoms with Crippen molar-refractivity contribution in [1.82, 2.24) is 4.90 Å². The fraction of sp³-hybridized carbons (Fsp3) is 0.208. The van der Waals surface area contributed by atoms with Gasteiger partial charge in [-0.05, 0) is 60.5 Å². The lowest BCUT2D eigenvalue weighted by Crippen LogP contribution is -2.32. The molecule has 0 atom stereocenters. The van der Waals surface area contributed by atoms with E-state index >= 15 is 0 Å². The minimum Gasteiger partial charge on any atom is -0.488 e. The molecule has 0 heterocycles. The van der Waals surface area contributed by atoms with E-state index in [1.807, 2.05) is 0 Å². The summed E-state index contributed by atoms with van der Waals surface area (Å²) < 4.78 is 32.2. The Morgan fingerprint density at radius 1 is 0.867 bits per heavy atom. The predicted molar refractivity (Wildman–Crippen MR) is 112 cm³/mol. The van der Waals surface area contributed by atoms with Gasteiger partial charge in [-0.15, -0.1) is 0 Å². The summed E-state index contributed by atoms with van der Waals surface area (Å²) in [5.74, 6) is -0.380. The molecule has 0 saturated carbocycles. The van der Waals surface area contributed by atoms with Gasteiger partial charge < -0.3 is 15.4 Å². The molecule has 0 aliphatic carbocycles. The molecule has 3 aromatic carbocycles. The lowest BCUT2D eigenvalue weighted by Gasteiger charge is -2.24. The predicted octanol–water partition coefficient (Wildman–Crippen LogP) is 4.54. The van der Waals surface area contributed by atoms with Crippen LogP contribution < -0.4 is 10.5 Å². The Kier molecular flexibility index (Phi) is 7.51. The van der Waals surface area contributed by atoms with Crippen LogP contribution in [0.4, 0.5) is 8.78 Å². The van der Waals surface area contributed by atoms with E-state index in [2.05, 4.69) is 0 Å². The van der Waals surface area contributed by atoms with Crippen molar-refractivity contribution >= 4 is 5.91 Å². The molecule has 4 nitrogen and oxygen atoms in total. The Labute approximate surface area is 174 Å². The summed E-state index contributed by atoms with van der Waals surface area (Å²) in [6.07, 6.45) is 0.644. The van der Waals surface area contributed by atoms with Crippen LogP contribution in [0.15, 0.2) is 72.8 Å². The third-order valence-corrected chi connectivity index (χ3v) is 4.63. The third kappa shape index (κ3) is 5.87. The zero-order chi connectivity index (χ0) is 21.3. The van der Waals surface area contributed by atoms with Crippen LogP contribution in [0.1, 0.15) is 27.9 Å². The highest BCUT2D eigenvalue weighted by molar-refractivity contribution is 5.96. The van der Waals surface area contributed by atoms with E-state index in [1.54, 1.807) is 53.4 Å². The second kappa shape index (κ2) is 10.5. The molecule has 0 radical (unpaired) electrons. The van der Waals surface area contributed by atoms with E-state index in [0.29, 0.717) is 37.4 Å². The van der Waals surface area contributed by atoms with Crippen LogP contribution in [-0.4, -0.2) is 23.9 Å². The molecule has 156 valence electrons. The van der Waals surface area contributed by atoms with Crippen LogP contribution in [0.5, 0.6) is 5.75 Å². The summed E-state index contributed by atoms with van der Waals surface area (Å²) in [5.41, 5.74) is 7.69. The van der Waals surface area contributed by atoms with E-state index in [9.17, 15) is 13.6 Å². The van der Waals surface area contributed by atoms with E-state index in [0.717, 1.165) is 11.1 Å². The number of nitrogens with zero attached hydrogens (tertiary/aromatic N) is 1. The molecule has 3 rings (SSSR count). The van der Waals surface area contributed by atoms with Crippen LogP contribution in [0.2, 0.25) is 0 Å². The summed E-state index contributed by atoms with van der Waals surface area (Å²) in [6, 6.07) is 19.1. The number of carbonyl (C=O) groups is 1. The van der Waals surface area contributed by atoms with Crippen molar-refractivity contribution in [3.63, 3.8) is 0 Å². The van der Waals surface area contributed by atoms with Gasteiger partial charge in [0.05, 0.1) is 5.56 Å². The fourth-order valence-corrected chi connectivity index (χ4v) is 3.03. The smallest absolute Gasteiger partial charge is 0.257 e. The molecule has 0 aliphatic rings. The van der Waals surface area contributed by atoms with Gasteiger partial charge >= 0.3 is 0 Å². The molecule has 0 saturated heterocycles. The minimum atomic E-state index is -0.321. The van der Waals surface area contributed by atoms with E-state index in [-0.39, 0.29) is 24.1 Å². The summed E-state index contributed by atoms with van der Waals surface area (Å²) >= 11 is 0. The number of hydrogen-bond donors (Lipinski definition) is 1. The zero-order valence-corrected chi connectivity index (χ0v) is 16.6. The molecule has 0 spiro atoms. The molecule has 6 heteroatoms. The number of ether oxygens (including phenoxy) is 1. The van der Waals surface area contributed by atoms with Gasteiger partial charge in [-0.1, -0.05) is 36.4 Å². The van der Waals surface area contributed by atoms with Crippen LogP contribution in [0, 0.1) is 11.6 Å². The number of halogens is 2. The van der Waals surface area contributed by atoms with Gasteiger partial charge in [0.2, 0.25) is 0 Å². The van der Waals surface area contributed by atoms with Crippen LogP contribution >= 0.6 is 0 Å². The Hall–Kier alpha value is -3.25. The summed E-state index contributed by atoms with van der Waals surface area (Å²) in [7, 11) is 0. The maximum absolute atomic E-state index is 13.3. The van der Waals surface area contributed by atoms with Crippen LogP contribution in [0.3, 0.4) is 0 Å². The number of benzene rings is 3. The Morgan fingerprint density at radius 2 is 1.47 bits per heavy atom. The number of amides is 1. The van der Waals surface area contributed by atoms with Crippen molar-refractivity contribution in [3.8, 4) is 5.75 Å². The Morgan fingerprint density at radius 3 is 2.10 bits per heavy atom. The molecule has 0 aliphatic heterocycles. The average molecular weight is 410 g/mol. The lowest BCUT2D eigenvalue weighted by molar-refractivity contribution is 0.0737. The highest BCUT2D eigenvalue weighted by Crippen LogP contribution is 2.22. The topological polar surface area (TPSA) is 55.6 Å². The Balaban J connectivity index is 1.77. The van der Waals surface area contributed by atoms with Crippen molar-refractivity contribution in [2.24, 2.45) is 5.73 Å². The summed E-state index contributed by atoms with van der Waals surface area (Å²) in [5, 5.41) is 0. The monoisotopic (exact) mass is 410 g/mol. The summed E-state index contributed by atoms with van der Waals surface area (Å²) in [6.45, 7) is 1.48. The highest BCUT2D eigenvalue weighted by Gasteiger charge is 2.20.